The van der Waals surface area contributed by atoms with Crippen LogP contribution in [0.3, 0.4) is 0 Å². The molecule has 0 radical (unpaired) electrons. The van der Waals surface area contributed by atoms with Gasteiger partial charge in [-0.3, -0.25) is 4.99 Å². The third-order valence-electron chi connectivity index (χ3n) is 2.70. The Morgan fingerprint density at radius 2 is 2.36 bits per heavy atom. The van der Waals surface area contributed by atoms with Crippen LogP contribution in [0, 0.1) is 5.92 Å². The van der Waals surface area contributed by atoms with Crippen molar-refractivity contribution in [2.24, 2.45) is 16.6 Å². The quantitative estimate of drug-likeness (QED) is 0.548. The Hall–Kier alpha value is -0.730. The molecule has 11 heavy (non-hydrogen) atoms. The Morgan fingerprint density at radius 3 is 3.18 bits per heavy atom. The Labute approximate surface area is 67.3 Å². The van der Waals surface area contributed by atoms with Crippen LogP contribution in [0.5, 0.6) is 0 Å². The smallest absolute Gasteiger partial charge is 0.191 e. The van der Waals surface area contributed by atoms with Crippen LogP contribution >= 0.6 is 0 Å². The highest BCUT2D eigenvalue weighted by Crippen LogP contribution is 2.24. The van der Waals surface area contributed by atoms with Gasteiger partial charge in [0.25, 0.3) is 0 Å². The fourth-order valence-electron chi connectivity index (χ4n) is 1.97. The van der Waals surface area contributed by atoms with E-state index in [1.54, 1.807) is 0 Å². The minimum absolute atomic E-state index is 0.631. The number of nitrogens with two attached hydrogens (primary N) is 1. The molecule has 0 amide bonds. The predicted molar refractivity (Wildman–Crippen MR) is 45.4 cm³/mol. The largest absolute Gasteiger partial charge is 0.370 e. The third-order valence-corrected chi connectivity index (χ3v) is 2.70. The van der Waals surface area contributed by atoms with Crippen molar-refractivity contribution < 1.29 is 0 Å². The molecule has 2 atom stereocenters. The van der Waals surface area contributed by atoms with Crippen molar-refractivity contribution in [3.05, 3.63) is 0 Å². The first kappa shape index (κ1) is 6.95. The first-order valence-electron chi connectivity index (χ1n) is 4.34. The Morgan fingerprint density at radius 1 is 1.55 bits per heavy atom. The molecule has 1 fully saturated rings. The van der Waals surface area contributed by atoms with Gasteiger partial charge in [-0.2, -0.15) is 0 Å². The highest BCUT2D eigenvalue weighted by Gasteiger charge is 2.30. The summed E-state index contributed by atoms with van der Waals surface area (Å²) >= 11 is 0. The van der Waals surface area contributed by atoms with Gasteiger partial charge >= 0.3 is 0 Å². The molecule has 62 valence electrons. The second-order valence-electron chi connectivity index (χ2n) is 3.69. The maximum Gasteiger partial charge on any atom is 0.191 e. The Balaban J connectivity index is 2.07. The Kier molecular flexibility index (Phi) is 1.51. The van der Waals surface area contributed by atoms with Crippen molar-refractivity contribution in [1.29, 1.82) is 0 Å². The van der Waals surface area contributed by atoms with Gasteiger partial charge in [0.05, 0.1) is 12.6 Å². The molecular weight excluding hydrogens is 138 g/mol. The summed E-state index contributed by atoms with van der Waals surface area (Å²) in [7, 11) is 0. The molecule has 0 aromatic heterocycles. The van der Waals surface area contributed by atoms with Gasteiger partial charge in [-0.25, -0.2) is 0 Å². The van der Waals surface area contributed by atoms with Crippen LogP contribution in [-0.2, 0) is 0 Å². The van der Waals surface area contributed by atoms with Gasteiger partial charge in [-0.15, -0.1) is 0 Å². The molecule has 3 nitrogen and oxygen atoms in total. The lowest BCUT2D eigenvalue weighted by atomic mass is 9.95. The lowest BCUT2D eigenvalue weighted by Gasteiger charge is -2.34. The molecule has 0 aliphatic carbocycles. The molecular formula is C8H15N3. The fourth-order valence-corrected chi connectivity index (χ4v) is 1.97. The minimum Gasteiger partial charge on any atom is -0.370 e. The van der Waals surface area contributed by atoms with Crippen molar-refractivity contribution in [1.82, 2.24) is 4.90 Å². The average Bonchev–Trinajstić information content (AvgIpc) is 2.33. The highest BCUT2D eigenvalue weighted by atomic mass is 15.3. The van der Waals surface area contributed by atoms with Crippen LogP contribution in [0.1, 0.15) is 19.8 Å². The maximum absolute atomic E-state index is 5.73. The van der Waals surface area contributed by atoms with Crippen LogP contribution in [0.15, 0.2) is 4.99 Å². The van der Waals surface area contributed by atoms with Gasteiger partial charge in [0, 0.05) is 6.54 Å². The van der Waals surface area contributed by atoms with Crippen molar-refractivity contribution >= 4 is 5.96 Å². The van der Waals surface area contributed by atoms with Crippen LogP contribution < -0.4 is 5.73 Å². The first-order valence-corrected chi connectivity index (χ1v) is 4.34. The molecule has 0 aromatic carbocycles. The molecule has 0 aromatic rings. The van der Waals surface area contributed by atoms with Crippen molar-refractivity contribution in [2.75, 3.05) is 13.1 Å². The highest BCUT2D eigenvalue weighted by molar-refractivity contribution is 5.80. The lowest BCUT2D eigenvalue weighted by molar-refractivity contribution is 0.214. The molecule has 2 rings (SSSR count). The molecule has 2 aliphatic heterocycles. The van der Waals surface area contributed by atoms with Crippen LogP contribution in [0.25, 0.3) is 0 Å². The van der Waals surface area contributed by atoms with Crippen molar-refractivity contribution in [2.45, 2.75) is 25.8 Å². The van der Waals surface area contributed by atoms with E-state index in [0.717, 1.165) is 25.0 Å². The molecule has 0 spiro atoms. The van der Waals surface area contributed by atoms with Crippen LogP contribution in [0.2, 0.25) is 0 Å². The number of rotatable bonds is 0. The van der Waals surface area contributed by atoms with Crippen molar-refractivity contribution in [3.63, 3.8) is 0 Å². The summed E-state index contributed by atoms with van der Waals surface area (Å²) in [5.74, 6) is 1.56. The van der Waals surface area contributed by atoms with E-state index in [0.29, 0.717) is 6.04 Å². The van der Waals surface area contributed by atoms with Gasteiger partial charge in [-0.05, 0) is 18.8 Å². The number of aliphatic imine (C=N–C) groups is 1. The maximum atomic E-state index is 5.73. The molecule has 0 bridgehead atoms. The molecule has 2 N–H and O–H groups in total. The zero-order chi connectivity index (χ0) is 7.84. The summed E-state index contributed by atoms with van der Waals surface area (Å²) in [6, 6.07) is 0.631. The molecule has 0 saturated carbocycles. The van der Waals surface area contributed by atoms with E-state index < -0.39 is 0 Å². The van der Waals surface area contributed by atoms with Gasteiger partial charge in [-0.1, -0.05) is 6.92 Å². The number of hydrogen-bond acceptors (Lipinski definition) is 3. The van der Waals surface area contributed by atoms with Gasteiger partial charge in [0.15, 0.2) is 5.96 Å². The Bertz CT molecular complexity index is 188. The summed E-state index contributed by atoms with van der Waals surface area (Å²) < 4.78 is 0. The van der Waals surface area contributed by atoms with E-state index in [1.807, 2.05) is 0 Å². The topological polar surface area (TPSA) is 41.6 Å². The predicted octanol–water partition coefficient (Wildman–Crippen LogP) is 0.415. The molecule has 2 aliphatic rings. The standard InChI is InChI=1S/C8H15N3/c1-6-2-3-7-4-10-8(9)11(7)5-6/h6-7H,2-5H2,1H3,(H2,9,10). The van der Waals surface area contributed by atoms with Gasteiger partial charge < -0.3 is 10.6 Å². The van der Waals surface area contributed by atoms with E-state index in [2.05, 4.69) is 16.8 Å². The summed E-state index contributed by atoms with van der Waals surface area (Å²) in [4.78, 5) is 6.49. The van der Waals surface area contributed by atoms with E-state index in [4.69, 9.17) is 5.73 Å². The zero-order valence-corrected chi connectivity index (χ0v) is 6.95. The normalized spacial score (nSPS) is 36.8. The first-order chi connectivity index (χ1) is 5.27. The summed E-state index contributed by atoms with van der Waals surface area (Å²) in [6.07, 6.45) is 2.61. The molecule has 2 heterocycles. The van der Waals surface area contributed by atoms with E-state index in [9.17, 15) is 0 Å². The van der Waals surface area contributed by atoms with Crippen molar-refractivity contribution in [3.8, 4) is 0 Å². The summed E-state index contributed by atoms with van der Waals surface area (Å²) in [5, 5.41) is 0. The molecule has 3 heteroatoms. The number of fused-ring (bicyclic) bond motifs is 1. The zero-order valence-electron chi connectivity index (χ0n) is 6.95. The third kappa shape index (κ3) is 1.08. The average molecular weight is 153 g/mol. The number of piperidine rings is 1. The van der Waals surface area contributed by atoms with Gasteiger partial charge in [0.2, 0.25) is 0 Å². The lowest BCUT2D eigenvalue weighted by Crippen LogP contribution is -2.46. The SMILES string of the molecule is CC1CCC2CN=C(N)N2C1. The van der Waals surface area contributed by atoms with E-state index >= 15 is 0 Å². The fraction of sp³-hybridized carbons (Fsp3) is 0.875. The second kappa shape index (κ2) is 2.40. The number of guanidine groups is 1. The van der Waals surface area contributed by atoms with Crippen LogP contribution in [0.4, 0.5) is 0 Å². The van der Waals surface area contributed by atoms with Crippen LogP contribution in [-0.4, -0.2) is 30.0 Å². The number of hydrogen-bond donors (Lipinski definition) is 1. The summed E-state index contributed by atoms with van der Waals surface area (Å²) in [5.41, 5.74) is 5.73. The second-order valence-corrected chi connectivity index (χ2v) is 3.69. The molecule has 1 saturated heterocycles. The van der Waals surface area contributed by atoms with Gasteiger partial charge in [0.1, 0.15) is 0 Å². The molecule has 2 unspecified atom stereocenters. The number of nitrogens with zero attached hydrogens (tertiary/aromatic N) is 2. The van der Waals surface area contributed by atoms with E-state index in [1.165, 1.54) is 12.8 Å². The monoisotopic (exact) mass is 153 g/mol. The summed E-state index contributed by atoms with van der Waals surface area (Å²) in [6.45, 7) is 4.32. The minimum atomic E-state index is 0.631. The van der Waals surface area contributed by atoms with E-state index in [-0.39, 0.29) is 0 Å².